The maximum atomic E-state index is 12.0. The fourth-order valence-corrected chi connectivity index (χ4v) is 2.73. The van der Waals surface area contributed by atoms with E-state index in [4.69, 9.17) is 17.3 Å². The Morgan fingerprint density at radius 2 is 1.70 bits per heavy atom. The van der Waals surface area contributed by atoms with E-state index in [-0.39, 0.29) is 16.1 Å². The maximum Gasteiger partial charge on any atom is 0.333 e. The lowest BCUT2D eigenvalue weighted by molar-refractivity contribution is 0.1000. The third-order valence-electron chi connectivity index (χ3n) is 2.76. The van der Waals surface area contributed by atoms with Gasteiger partial charge in [-0.05, 0) is 42.5 Å². The van der Waals surface area contributed by atoms with Gasteiger partial charge in [-0.3, -0.25) is 4.79 Å². The van der Waals surface area contributed by atoms with Crippen LogP contribution in [0.3, 0.4) is 0 Å². The van der Waals surface area contributed by atoms with Crippen LogP contribution < -0.4 is 15.8 Å². The predicted molar refractivity (Wildman–Crippen MR) is 85.8 cm³/mol. The van der Waals surface area contributed by atoms with Crippen molar-refractivity contribution in [2.24, 2.45) is 5.73 Å². The zero-order chi connectivity index (χ0) is 17.0. The first-order chi connectivity index (χ1) is 10.8. The monoisotopic (exact) mass is 353 g/mol. The average Bonchev–Trinajstić information content (AvgIpc) is 2.47. The van der Waals surface area contributed by atoms with Gasteiger partial charge in [-0.1, -0.05) is 17.7 Å². The standard InChI is InChI=1S/C14H12ClN3O4S/c15-10-4-6-12(7-5-10)23(21,22)18-14(20)17-11-3-1-2-9(8-11)13(16)19/h1-8H,(H2,16,19)(H2,17,18,20). The summed E-state index contributed by atoms with van der Waals surface area (Å²) in [5.41, 5.74) is 5.54. The fourth-order valence-electron chi connectivity index (χ4n) is 1.70. The third kappa shape index (κ3) is 4.44. The van der Waals surface area contributed by atoms with Gasteiger partial charge in [0.2, 0.25) is 5.91 Å². The minimum atomic E-state index is -4.04. The molecule has 0 unspecified atom stereocenters. The van der Waals surface area contributed by atoms with Crippen LogP contribution in [0.5, 0.6) is 0 Å². The molecule has 4 N–H and O–H groups in total. The molecule has 0 aromatic heterocycles. The molecule has 2 aromatic carbocycles. The number of carbonyl (C=O) groups excluding carboxylic acids is 2. The molecular weight excluding hydrogens is 342 g/mol. The second-order valence-electron chi connectivity index (χ2n) is 4.46. The molecule has 0 aliphatic rings. The van der Waals surface area contributed by atoms with Crippen LogP contribution in [0, 0.1) is 0 Å². The summed E-state index contributed by atoms with van der Waals surface area (Å²) in [5.74, 6) is -0.664. The van der Waals surface area contributed by atoms with E-state index >= 15 is 0 Å². The highest BCUT2D eigenvalue weighted by Gasteiger charge is 2.17. The van der Waals surface area contributed by atoms with Crippen molar-refractivity contribution >= 4 is 39.2 Å². The highest BCUT2D eigenvalue weighted by molar-refractivity contribution is 7.90. The molecule has 0 radical (unpaired) electrons. The summed E-state index contributed by atoms with van der Waals surface area (Å²) in [4.78, 5) is 22.8. The summed E-state index contributed by atoms with van der Waals surface area (Å²) in [5, 5.41) is 2.68. The van der Waals surface area contributed by atoms with Crippen molar-refractivity contribution < 1.29 is 18.0 Å². The van der Waals surface area contributed by atoms with Gasteiger partial charge in [0.05, 0.1) is 4.90 Å². The molecule has 0 spiro atoms. The maximum absolute atomic E-state index is 12.0. The Hall–Kier alpha value is -2.58. The normalized spacial score (nSPS) is 10.8. The summed E-state index contributed by atoms with van der Waals surface area (Å²) in [6.07, 6.45) is 0. The van der Waals surface area contributed by atoms with Gasteiger partial charge >= 0.3 is 6.03 Å². The number of primary amides is 1. The number of carbonyl (C=O) groups is 2. The Labute approximate surface area is 137 Å². The van der Waals surface area contributed by atoms with Gasteiger partial charge in [0.15, 0.2) is 0 Å². The van der Waals surface area contributed by atoms with Crippen LogP contribution in [0.2, 0.25) is 5.02 Å². The van der Waals surface area contributed by atoms with Crippen molar-refractivity contribution in [3.63, 3.8) is 0 Å². The Kier molecular flexibility index (Phi) is 4.87. The van der Waals surface area contributed by atoms with Crippen molar-refractivity contribution in [3.8, 4) is 0 Å². The van der Waals surface area contributed by atoms with Crippen LogP contribution in [0.25, 0.3) is 0 Å². The molecule has 0 atom stereocenters. The quantitative estimate of drug-likeness (QED) is 0.778. The van der Waals surface area contributed by atoms with E-state index < -0.39 is 22.0 Å². The van der Waals surface area contributed by atoms with Crippen molar-refractivity contribution in [1.82, 2.24) is 4.72 Å². The van der Waals surface area contributed by atoms with Gasteiger partial charge in [0, 0.05) is 16.3 Å². The number of rotatable bonds is 4. The lowest BCUT2D eigenvalue weighted by atomic mass is 10.2. The van der Waals surface area contributed by atoms with Crippen LogP contribution >= 0.6 is 11.6 Å². The number of halogens is 1. The van der Waals surface area contributed by atoms with Crippen LogP contribution in [-0.2, 0) is 10.0 Å². The first kappa shape index (κ1) is 16.8. The number of amides is 3. The minimum Gasteiger partial charge on any atom is -0.366 e. The second-order valence-corrected chi connectivity index (χ2v) is 6.58. The van der Waals surface area contributed by atoms with Crippen molar-refractivity contribution in [1.29, 1.82) is 0 Å². The molecular formula is C14H12ClN3O4S. The molecule has 0 bridgehead atoms. The zero-order valence-corrected chi connectivity index (χ0v) is 13.2. The number of sulfonamides is 1. The molecule has 0 aliphatic heterocycles. The summed E-state index contributed by atoms with van der Waals surface area (Å²) in [6, 6.07) is 10.1. The molecule has 0 fully saturated rings. The van der Waals surface area contributed by atoms with Gasteiger partial charge in [-0.2, -0.15) is 0 Å². The molecule has 0 aliphatic carbocycles. The molecule has 3 amide bonds. The first-order valence-corrected chi connectivity index (χ1v) is 8.13. The lowest BCUT2D eigenvalue weighted by Gasteiger charge is -2.09. The first-order valence-electron chi connectivity index (χ1n) is 6.27. The predicted octanol–water partition coefficient (Wildman–Crippen LogP) is 1.95. The van der Waals surface area contributed by atoms with Crippen molar-refractivity contribution in [2.45, 2.75) is 4.90 Å². The minimum absolute atomic E-state index is 0.108. The number of nitrogens with two attached hydrogens (primary N) is 1. The molecule has 23 heavy (non-hydrogen) atoms. The van der Waals surface area contributed by atoms with E-state index in [2.05, 4.69) is 5.32 Å². The van der Waals surface area contributed by atoms with Crippen molar-refractivity contribution in [2.75, 3.05) is 5.32 Å². The SMILES string of the molecule is NC(=O)c1cccc(NC(=O)NS(=O)(=O)c2ccc(Cl)cc2)c1. The Balaban J connectivity index is 2.11. The van der Waals surface area contributed by atoms with E-state index in [9.17, 15) is 18.0 Å². The van der Waals surface area contributed by atoms with E-state index in [0.717, 1.165) is 0 Å². The van der Waals surface area contributed by atoms with Gasteiger partial charge in [0.1, 0.15) is 0 Å². The molecule has 7 nitrogen and oxygen atoms in total. The van der Waals surface area contributed by atoms with Crippen molar-refractivity contribution in [3.05, 3.63) is 59.1 Å². The van der Waals surface area contributed by atoms with Crippen LogP contribution in [0.15, 0.2) is 53.4 Å². The molecule has 2 rings (SSSR count). The summed E-state index contributed by atoms with van der Waals surface area (Å²) in [6.45, 7) is 0. The largest absolute Gasteiger partial charge is 0.366 e. The average molecular weight is 354 g/mol. The summed E-state index contributed by atoms with van der Waals surface area (Å²) in [7, 11) is -4.04. The molecule has 2 aromatic rings. The van der Waals surface area contributed by atoms with Gasteiger partial charge in [0.25, 0.3) is 10.0 Å². The summed E-state index contributed by atoms with van der Waals surface area (Å²) >= 11 is 5.68. The topological polar surface area (TPSA) is 118 Å². The van der Waals surface area contributed by atoms with Gasteiger partial charge < -0.3 is 11.1 Å². The van der Waals surface area contributed by atoms with Gasteiger partial charge in [-0.25, -0.2) is 17.9 Å². The van der Waals surface area contributed by atoms with E-state index in [1.54, 1.807) is 0 Å². The molecule has 9 heteroatoms. The van der Waals surface area contributed by atoms with Crippen LogP contribution in [0.4, 0.5) is 10.5 Å². The highest BCUT2D eigenvalue weighted by atomic mass is 35.5. The molecule has 0 saturated carbocycles. The number of nitrogens with one attached hydrogen (secondary N) is 2. The number of hydrogen-bond donors (Lipinski definition) is 3. The smallest absolute Gasteiger partial charge is 0.333 e. The molecule has 120 valence electrons. The Bertz CT molecular complexity index is 851. The van der Waals surface area contributed by atoms with E-state index in [1.165, 1.54) is 48.5 Å². The van der Waals surface area contributed by atoms with Crippen LogP contribution in [0.1, 0.15) is 10.4 Å². The summed E-state index contributed by atoms with van der Waals surface area (Å²) < 4.78 is 25.9. The van der Waals surface area contributed by atoms with E-state index in [1.807, 2.05) is 4.72 Å². The number of benzene rings is 2. The van der Waals surface area contributed by atoms with E-state index in [0.29, 0.717) is 5.02 Å². The Morgan fingerprint density at radius 1 is 1.04 bits per heavy atom. The Morgan fingerprint density at radius 3 is 2.30 bits per heavy atom. The third-order valence-corrected chi connectivity index (χ3v) is 4.35. The fraction of sp³-hybridized carbons (Fsp3) is 0. The number of urea groups is 1. The second kappa shape index (κ2) is 6.67. The zero-order valence-electron chi connectivity index (χ0n) is 11.6. The lowest BCUT2D eigenvalue weighted by Crippen LogP contribution is -2.34. The van der Waals surface area contributed by atoms with Crippen LogP contribution in [-0.4, -0.2) is 20.4 Å². The molecule has 0 heterocycles. The number of hydrogen-bond acceptors (Lipinski definition) is 4. The highest BCUT2D eigenvalue weighted by Crippen LogP contribution is 2.14. The number of anilines is 1. The molecule has 0 saturated heterocycles. The van der Waals surface area contributed by atoms with Gasteiger partial charge in [-0.15, -0.1) is 0 Å².